The lowest BCUT2D eigenvalue weighted by Crippen LogP contribution is -2.07. The van der Waals surface area contributed by atoms with Gasteiger partial charge >= 0.3 is 0 Å². The molecule has 1 aromatic heterocycles. The Balaban J connectivity index is 1.89. The van der Waals surface area contributed by atoms with Crippen LogP contribution in [-0.4, -0.2) is 35.0 Å². The number of hydrogen-bond acceptors (Lipinski definition) is 8. The van der Waals surface area contributed by atoms with Crippen molar-refractivity contribution >= 4 is 46.9 Å². The van der Waals surface area contributed by atoms with E-state index in [1.54, 1.807) is 11.7 Å². The van der Waals surface area contributed by atoms with Crippen LogP contribution in [0.3, 0.4) is 0 Å². The average molecular weight is 400 g/mol. The molecule has 0 radical (unpaired) electrons. The van der Waals surface area contributed by atoms with Crippen LogP contribution < -0.4 is 0 Å². The van der Waals surface area contributed by atoms with Crippen molar-refractivity contribution in [1.82, 2.24) is 4.57 Å². The smallest absolute Gasteiger partial charge is 0.258 e. The number of hydrogen-bond donors (Lipinski definition) is 1. The second-order valence-electron chi connectivity index (χ2n) is 5.61. The zero-order valence-electron chi connectivity index (χ0n) is 14.7. The minimum Gasteiger partial charge on any atom is -0.493 e. The quantitative estimate of drug-likeness (QED) is 0.767. The maximum absolute atomic E-state index is 10.4. The topological polar surface area (TPSA) is 92.1 Å². The van der Waals surface area contributed by atoms with Crippen molar-refractivity contribution in [3.05, 3.63) is 44.5 Å². The zero-order valence-corrected chi connectivity index (χ0v) is 16.3. The summed E-state index contributed by atoms with van der Waals surface area (Å²) in [5.74, 6) is 0.299. The van der Waals surface area contributed by atoms with Crippen molar-refractivity contribution in [3.8, 4) is 11.9 Å². The molecule has 2 aromatic rings. The lowest BCUT2D eigenvalue weighted by atomic mass is 10.2. The number of benzene rings is 1. The van der Waals surface area contributed by atoms with Gasteiger partial charge < -0.3 is 14.6 Å². The van der Waals surface area contributed by atoms with Crippen molar-refractivity contribution < 1.29 is 14.6 Å². The standard InChI is InChI=1S/C18H16N4O3S2/c1-11-3-5-12(6-4-11)20-16-13(10-19)21-15(25-16)9-14-17(23)22(7-8-24-2)18(26)27-14/h3-6,9,23H,7-8H2,1-2H3/b15-9+,20-16?. The first-order valence-electron chi connectivity index (χ1n) is 7.97. The fourth-order valence-corrected chi connectivity index (χ4v) is 3.56. The molecule has 9 heteroatoms. The van der Waals surface area contributed by atoms with E-state index in [9.17, 15) is 10.4 Å². The summed E-state index contributed by atoms with van der Waals surface area (Å²) >= 11 is 6.48. The predicted octanol–water partition coefficient (Wildman–Crippen LogP) is 3.96. The summed E-state index contributed by atoms with van der Waals surface area (Å²) in [6.45, 7) is 2.84. The summed E-state index contributed by atoms with van der Waals surface area (Å²) in [7, 11) is 1.58. The number of nitrogens with zero attached hydrogens (tertiary/aromatic N) is 4. The van der Waals surface area contributed by atoms with E-state index in [1.165, 1.54) is 17.4 Å². The van der Waals surface area contributed by atoms with Crippen molar-refractivity contribution in [1.29, 1.82) is 5.26 Å². The molecule has 1 aliphatic heterocycles. The minimum absolute atomic E-state index is 0.00998. The molecular weight excluding hydrogens is 384 g/mol. The predicted molar refractivity (Wildman–Crippen MR) is 107 cm³/mol. The van der Waals surface area contributed by atoms with Crippen molar-refractivity contribution in [2.45, 2.75) is 13.5 Å². The molecule has 0 bridgehead atoms. The molecule has 0 amide bonds. The highest BCUT2D eigenvalue weighted by atomic mass is 32.1. The molecule has 7 nitrogen and oxygen atoms in total. The lowest BCUT2D eigenvalue weighted by Gasteiger charge is -2.03. The monoisotopic (exact) mass is 400 g/mol. The number of rotatable bonds is 5. The van der Waals surface area contributed by atoms with Gasteiger partial charge in [-0.3, -0.25) is 4.57 Å². The molecule has 138 valence electrons. The van der Waals surface area contributed by atoms with E-state index in [2.05, 4.69) is 9.98 Å². The van der Waals surface area contributed by atoms with E-state index >= 15 is 0 Å². The van der Waals surface area contributed by atoms with Crippen LogP contribution in [0.4, 0.5) is 5.69 Å². The third-order valence-corrected chi connectivity index (χ3v) is 5.05. The minimum atomic E-state index is 0.00998. The first-order chi connectivity index (χ1) is 13.0. The first-order valence-corrected chi connectivity index (χ1v) is 9.20. The Morgan fingerprint density at radius 2 is 2.19 bits per heavy atom. The fraction of sp³-hybridized carbons (Fsp3) is 0.222. The van der Waals surface area contributed by atoms with Gasteiger partial charge in [0.2, 0.25) is 17.5 Å². The molecule has 0 aliphatic carbocycles. The van der Waals surface area contributed by atoms with Crippen molar-refractivity contribution in [3.63, 3.8) is 0 Å². The van der Waals surface area contributed by atoms with Gasteiger partial charge in [0.1, 0.15) is 6.07 Å². The summed E-state index contributed by atoms with van der Waals surface area (Å²) in [5.41, 5.74) is 1.84. The van der Waals surface area contributed by atoms with E-state index < -0.39 is 0 Å². The van der Waals surface area contributed by atoms with Gasteiger partial charge in [0.05, 0.1) is 23.7 Å². The molecule has 2 heterocycles. The van der Waals surface area contributed by atoms with Crippen LogP contribution in [-0.2, 0) is 16.0 Å². The summed E-state index contributed by atoms with van der Waals surface area (Å²) < 4.78 is 12.7. The number of ether oxygens (including phenoxy) is 2. The van der Waals surface area contributed by atoms with Crippen LogP contribution in [0, 0.1) is 22.2 Å². The van der Waals surface area contributed by atoms with Gasteiger partial charge in [0.25, 0.3) is 5.90 Å². The number of aromatic nitrogens is 1. The zero-order chi connectivity index (χ0) is 19.4. The van der Waals surface area contributed by atoms with Gasteiger partial charge in [-0.2, -0.15) is 10.3 Å². The molecule has 0 fully saturated rings. The highest BCUT2D eigenvalue weighted by molar-refractivity contribution is 7.73. The van der Waals surface area contributed by atoms with Crippen LogP contribution in [0.15, 0.2) is 40.1 Å². The third-order valence-electron chi connectivity index (χ3n) is 3.66. The molecular formula is C18H16N4O3S2. The second-order valence-corrected chi connectivity index (χ2v) is 7.29. The third kappa shape index (κ3) is 4.31. The lowest BCUT2D eigenvalue weighted by molar-refractivity contribution is 0.183. The van der Waals surface area contributed by atoms with E-state index in [4.69, 9.17) is 21.7 Å². The largest absolute Gasteiger partial charge is 0.493 e. The van der Waals surface area contributed by atoms with E-state index in [0.717, 1.165) is 5.56 Å². The van der Waals surface area contributed by atoms with E-state index in [0.29, 0.717) is 27.7 Å². The van der Waals surface area contributed by atoms with E-state index in [1.807, 2.05) is 37.3 Å². The normalized spacial score (nSPS) is 16.4. The van der Waals surface area contributed by atoms with E-state index in [-0.39, 0.29) is 23.4 Å². The van der Waals surface area contributed by atoms with Gasteiger partial charge in [-0.15, -0.1) is 11.3 Å². The number of methoxy groups -OCH3 is 1. The first kappa shape index (κ1) is 19.0. The Bertz CT molecular complexity index is 1040. The number of thiazole rings is 1. The molecule has 1 N–H and O–H groups in total. The summed E-state index contributed by atoms with van der Waals surface area (Å²) in [6.07, 6.45) is 1.54. The Morgan fingerprint density at radius 1 is 1.44 bits per heavy atom. The molecule has 1 aromatic carbocycles. The molecule has 0 saturated heterocycles. The van der Waals surface area contributed by atoms with Crippen LogP contribution in [0.1, 0.15) is 10.4 Å². The summed E-state index contributed by atoms with van der Waals surface area (Å²) in [6, 6.07) is 9.47. The van der Waals surface area contributed by atoms with Gasteiger partial charge in [0, 0.05) is 13.2 Å². The van der Waals surface area contributed by atoms with Crippen molar-refractivity contribution in [2.75, 3.05) is 13.7 Å². The van der Waals surface area contributed by atoms with Gasteiger partial charge in [0.15, 0.2) is 3.95 Å². The summed E-state index contributed by atoms with van der Waals surface area (Å²) in [5, 5.41) is 19.6. The summed E-state index contributed by atoms with van der Waals surface area (Å²) in [4.78, 5) is 8.95. The Kier molecular flexibility index (Phi) is 5.81. The SMILES string of the molecule is COCCn1c(O)c(/C=C2\N=C(C#N)C(=Nc3ccc(C)cc3)O2)sc1=S. The molecule has 0 spiro atoms. The van der Waals surface area contributed by atoms with Crippen LogP contribution in [0.25, 0.3) is 6.08 Å². The fourth-order valence-electron chi connectivity index (χ4n) is 2.28. The maximum atomic E-state index is 10.4. The second kappa shape index (κ2) is 8.26. The highest BCUT2D eigenvalue weighted by Gasteiger charge is 2.23. The molecule has 0 unspecified atom stereocenters. The number of aliphatic imine (C=N–C) groups is 2. The number of nitriles is 1. The number of aryl methyl sites for hydroxylation is 1. The van der Waals surface area contributed by atoms with Gasteiger partial charge in [-0.25, -0.2) is 4.99 Å². The highest BCUT2D eigenvalue weighted by Crippen LogP contribution is 2.30. The van der Waals surface area contributed by atoms with Crippen molar-refractivity contribution in [2.24, 2.45) is 9.98 Å². The number of aromatic hydroxyl groups is 1. The molecule has 0 atom stereocenters. The van der Waals surface area contributed by atoms with Crippen LogP contribution >= 0.6 is 23.6 Å². The Labute approximate surface area is 165 Å². The molecule has 27 heavy (non-hydrogen) atoms. The van der Waals surface area contributed by atoms with Crippen LogP contribution in [0.2, 0.25) is 0 Å². The van der Waals surface area contributed by atoms with Gasteiger partial charge in [-0.1, -0.05) is 17.7 Å². The maximum Gasteiger partial charge on any atom is 0.258 e. The molecule has 0 saturated carbocycles. The van der Waals surface area contributed by atoms with Crippen LogP contribution in [0.5, 0.6) is 5.88 Å². The molecule has 3 rings (SSSR count). The average Bonchev–Trinajstić information content (AvgIpc) is 3.16. The van der Waals surface area contributed by atoms with Gasteiger partial charge in [-0.05, 0) is 31.3 Å². The Morgan fingerprint density at radius 3 is 2.85 bits per heavy atom. The molecule has 1 aliphatic rings. The Hall–Kier alpha value is -2.80.